The minimum atomic E-state index is -0.357. The zero-order valence-corrected chi connectivity index (χ0v) is 10.9. The summed E-state index contributed by atoms with van der Waals surface area (Å²) in [4.78, 5) is 28.3. The first-order valence-corrected chi connectivity index (χ1v) is 6.50. The molecule has 20 heavy (non-hydrogen) atoms. The van der Waals surface area contributed by atoms with E-state index in [1.54, 1.807) is 17.0 Å². The number of nitrogens with zero attached hydrogens (tertiary/aromatic N) is 1. The standard InChI is InChI=1S/C15H15N3O2/c16-13-5-1-3-10-6-8-18(9-12(10)13)15(20)11-4-2-7-17-14(11)19/h1-5,7H,6,8-9,16H2,(H,17,19). The monoisotopic (exact) mass is 269 g/mol. The van der Waals surface area contributed by atoms with Gasteiger partial charge in [-0.25, -0.2) is 0 Å². The average Bonchev–Trinajstić information content (AvgIpc) is 2.47. The average molecular weight is 269 g/mol. The van der Waals surface area contributed by atoms with Crippen molar-refractivity contribution in [3.63, 3.8) is 0 Å². The summed E-state index contributed by atoms with van der Waals surface area (Å²) in [6.45, 7) is 1.05. The van der Waals surface area contributed by atoms with Crippen LogP contribution in [0.15, 0.2) is 41.3 Å². The Labute approximate surface area is 116 Å². The molecule has 0 saturated heterocycles. The molecule has 2 heterocycles. The van der Waals surface area contributed by atoms with Gasteiger partial charge in [-0.3, -0.25) is 9.59 Å². The van der Waals surface area contributed by atoms with Gasteiger partial charge in [-0.1, -0.05) is 12.1 Å². The second-order valence-corrected chi connectivity index (χ2v) is 4.87. The Balaban J connectivity index is 1.91. The van der Waals surface area contributed by atoms with E-state index in [4.69, 9.17) is 5.73 Å². The molecule has 0 fully saturated rings. The normalized spacial score (nSPS) is 13.9. The molecule has 3 N–H and O–H groups in total. The third kappa shape index (κ3) is 2.07. The summed E-state index contributed by atoms with van der Waals surface area (Å²) in [5.41, 5.74) is 8.64. The van der Waals surface area contributed by atoms with Gasteiger partial charge in [-0.05, 0) is 35.7 Å². The van der Waals surface area contributed by atoms with Crippen LogP contribution in [-0.2, 0) is 13.0 Å². The Morgan fingerprint density at radius 2 is 2.10 bits per heavy atom. The van der Waals surface area contributed by atoms with Crippen molar-refractivity contribution in [3.05, 3.63) is 63.6 Å². The maximum absolute atomic E-state index is 12.4. The summed E-state index contributed by atoms with van der Waals surface area (Å²) >= 11 is 0. The zero-order chi connectivity index (χ0) is 14.1. The molecule has 1 aromatic heterocycles. The van der Waals surface area contributed by atoms with Crippen LogP contribution in [0, 0.1) is 0 Å². The summed E-state index contributed by atoms with van der Waals surface area (Å²) in [7, 11) is 0. The maximum atomic E-state index is 12.4. The van der Waals surface area contributed by atoms with E-state index in [1.807, 2.05) is 18.2 Å². The Morgan fingerprint density at radius 3 is 2.90 bits per heavy atom. The molecule has 1 amide bonds. The van der Waals surface area contributed by atoms with Gasteiger partial charge in [0.1, 0.15) is 5.56 Å². The molecule has 0 bridgehead atoms. The molecule has 2 aromatic rings. The van der Waals surface area contributed by atoms with E-state index >= 15 is 0 Å². The van der Waals surface area contributed by atoms with E-state index in [9.17, 15) is 9.59 Å². The summed E-state index contributed by atoms with van der Waals surface area (Å²) in [6.07, 6.45) is 2.28. The van der Waals surface area contributed by atoms with Crippen LogP contribution in [0.5, 0.6) is 0 Å². The first-order valence-electron chi connectivity index (χ1n) is 6.50. The number of nitrogens with one attached hydrogen (secondary N) is 1. The molecule has 5 nitrogen and oxygen atoms in total. The molecule has 102 valence electrons. The molecule has 1 aliphatic rings. The van der Waals surface area contributed by atoms with E-state index in [0.717, 1.165) is 12.0 Å². The molecule has 0 unspecified atom stereocenters. The lowest BCUT2D eigenvalue weighted by Crippen LogP contribution is -2.38. The molecule has 0 aliphatic carbocycles. The number of fused-ring (bicyclic) bond motifs is 1. The molecule has 0 atom stereocenters. The smallest absolute Gasteiger partial charge is 0.260 e. The maximum Gasteiger partial charge on any atom is 0.260 e. The Morgan fingerprint density at radius 1 is 1.25 bits per heavy atom. The fourth-order valence-corrected chi connectivity index (χ4v) is 2.54. The van der Waals surface area contributed by atoms with Gasteiger partial charge >= 0.3 is 0 Å². The highest BCUT2D eigenvalue weighted by Gasteiger charge is 2.24. The van der Waals surface area contributed by atoms with Crippen molar-refractivity contribution in [1.29, 1.82) is 0 Å². The predicted molar refractivity (Wildman–Crippen MR) is 76.4 cm³/mol. The lowest BCUT2D eigenvalue weighted by molar-refractivity contribution is 0.0733. The molecular formula is C15H15N3O2. The van der Waals surface area contributed by atoms with Crippen LogP contribution >= 0.6 is 0 Å². The number of rotatable bonds is 1. The fourth-order valence-electron chi connectivity index (χ4n) is 2.54. The van der Waals surface area contributed by atoms with E-state index < -0.39 is 0 Å². The summed E-state index contributed by atoms with van der Waals surface area (Å²) in [5.74, 6) is -0.249. The van der Waals surface area contributed by atoms with E-state index in [0.29, 0.717) is 18.8 Å². The van der Waals surface area contributed by atoms with Crippen molar-refractivity contribution in [2.75, 3.05) is 12.3 Å². The number of aromatic amines is 1. The lowest BCUT2D eigenvalue weighted by Gasteiger charge is -2.29. The van der Waals surface area contributed by atoms with Crippen LogP contribution < -0.4 is 11.3 Å². The van der Waals surface area contributed by atoms with E-state index in [2.05, 4.69) is 4.98 Å². The van der Waals surface area contributed by atoms with Crippen molar-refractivity contribution in [1.82, 2.24) is 9.88 Å². The largest absolute Gasteiger partial charge is 0.398 e. The number of hydrogen-bond donors (Lipinski definition) is 2. The minimum absolute atomic E-state index is 0.172. The Bertz CT molecular complexity index is 721. The van der Waals surface area contributed by atoms with Crippen LogP contribution in [0.4, 0.5) is 5.69 Å². The van der Waals surface area contributed by atoms with Crippen LogP contribution in [0.3, 0.4) is 0 Å². The van der Waals surface area contributed by atoms with Gasteiger partial charge in [0.25, 0.3) is 11.5 Å². The van der Waals surface area contributed by atoms with Gasteiger partial charge in [0.05, 0.1) is 0 Å². The van der Waals surface area contributed by atoms with Crippen molar-refractivity contribution in [3.8, 4) is 0 Å². The number of pyridine rings is 1. The van der Waals surface area contributed by atoms with E-state index in [-0.39, 0.29) is 17.0 Å². The van der Waals surface area contributed by atoms with Crippen LogP contribution in [0.2, 0.25) is 0 Å². The first kappa shape index (κ1) is 12.5. The summed E-state index contributed by atoms with van der Waals surface area (Å²) < 4.78 is 0. The molecule has 0 radical (unpaired) electrons. The number of anilines is 1. The van der Waals surface area contributed by atoms with Gasteiger partial charge in [-0.2, -0.15) is 0 Å². The Kier molecular flexibility index (Phi) is 3.02. The van der Waals surface area contributed by atoms with Crippen molar-refractivity contribution >= 4 is 11.6 Å². The number of H-pyrrole nitrogens is 1. The number of aromatic nitrogens is 1. The SMILES string of the molecule is Nc1cccc2c1CN(C(=O)c1ccc[nH]c1=O)CC2. The third-order valence-corrected chi connectivity index (χ3v) is 3.65. The number of carbonyl (C=O) groups excluding carboxylic acids is 1. The molecular weight excluding hydrogens is 254 g/mol. The van der Waals surface area contributed by atoms with E-state index in [1.165, 1.54) is 11.8 Å². The molecule has 0 saturated carbocycles. The Hall–Kier alpha value is -2.56. The number of hydrogen-bond acceptors (Lipinski definition) is 3. The van der Waals surface area contributed by atoms with Gasteiger partial charge in [0, 0.05) is 25.0 Å². The van der Waals surface area contributed by atoms with Crippen molar-refractivity contribution in [2.45, 2.75) is 13.0 Å². The highest BCUT2D eigenvalue weighted by Crippen LogP contribution is 2.24. The summed E-state index contributed by atoms with van der Waals surface area (Å²) in [5, 5.41) is 0. The van der Waals surface area contributed by atoms with Gasteiger partial charge in [0.2, 0.25) is 0 Å². The molecule has 1 aromatic carbocycles. The lowest BCUT2D eigenvalue weighted by atomic mass is 9.97. The zero-order valence-electron chi connectivity index (χ0n) is 10.9. The third-order valence-electron chi connectivity index (χ3n) is 3.65. The predicted octanol–water partition coefficient (Wildman–Crippen LogP) is 1.16. The minimum Gasteiger partial charge on any atom is -0.398 e. The highest BCUT2D eigenvalue weighted by atomic mass is 16.2. The van der Waals surface area contributed by atoms with Crippen LogP contribution in [0.1, 0.15) is 21.5 Å². The number of nitrogens with two attached hydrogens (primary N) is 1. The number of nitrogen functional groups attached to an aromatic ring is 1. The summed E-state index contributed by atoms with van der Waals surface area (Å²) in [6, 6.07) is 8.99. The fraction of sp³-hybridized carbons (Fsp3) is 0.200. The highest BCUT2D eigenvalue weighted by molar-refractivity contribution is 5.94. The van der Waals surface area contributed by atoms with Gasteiger partial charge in [0.15, 0.2) is 0 Å². The number of benzene rings is 1. The second kappa shape index (κ2) is 4.85. The van der Waals surface area contributed by atoms with Gasteiger partial charge in [-0.15, -0.1) is 0 Å². The quantitative estimate of drug-likeness (QED) is 0.762. The molecule has 5 heteroatoms. The second-order valence-electron chi connectivity index (χ2n) is 4.87. The molecule has 3 rings (SSSR count). The molecule has 0 spiro atoms. The molecule has 1 aliphatic heterocycles. The number of carbonyl (C=O) groups is 1. The van der Waals surface area contributed by atoms with Crippen LogP contribution in [-0.4, -0.2) is 22.3 Å². The topological polar surface area (TPSA) is 79.2 Å². The van der Waals surface area contributed by atoms with Gasteiger partial charge < -0.3 is 15.6 Å². The number of amides is 1. The first-order chi connectivity index (χ1) is 9.66. The van der Waals surface area contributed by atoms with Crippen LogP contribution in [0.25, 0.3) is 0 Å². The van der Waals surface area contributed by atoms with Crippen molar-refractivity contribution in [2.24, 2.45) is 0 Å². The van der Waals surface area contributed by atoms with Crippen molar-refractivity contribution < 1.29 is 4.79 Å².